The first-order valence-corrected chi connectivity index (χ1v) is 10.4. The van der Waals surface area contributed by atoms with E-state index in [4.69, 9.17) is 5.73 Å². The fourth-order valence-corrected chi connectivity index (χ4v) is 3.03. The van der Waals surface area contributed by atoms with Crippen LogP contribution in [0.15, 0.2) is 41.3 Å². The van der Waals surface area contributed by atoms with E-state index in [0.717, 1.165) is 10.8 Å². The zero-order valence-electron chi connectivity index (χ0n) is 18.6. The molecule has 1 aromatic carbocycles. The highest BCUT2D eigenvalue weighted by molar-refractivity contribution is 6.10. The summed E-state index contributed by atoms with van der Waals surface area (Å²) in [6.07, 6.45) is 1.57. The maximum absolute atomic E-state index is 14.4. The summed E-state index contributed by atoms with van der Waals surface area (Å²) in [7, 11) is 0. The smallest absolute Gasteiger partial charge is 0.383 e. The van der Waals surface area contributed by atoms with Gasteiger partial charge in [0.05, 0.1) is 12.2 Å². The Morgan fingerprint density at radius 2 is 1.82 bits per heavy atom. The molecule has 1 unspecified atom stereocenters. The molecule has 9 nitrogen and oxygen atoms in total. The van der Waals surface area contributed by atoms with Crippen molar-refractivity contribution < 1.29 is 23.2 Å². The summed E-state index contributed by atoms with van der Waals surface area (Å²) in [5.74, 6) is -9.30. The molecule has 0 aliphatic heterocycles. The van der Waals surface area contributed by atoms with Gasteiger partial charge in [0.2, 0.25) is 11.7 Å². The van der Waals surface area contributed by atoms with Crippen LogP contribution in [-0.4, -0.2) is 45.7 Å². The van der Waals surface area contributed by atoms with Gasteiger partial charge in [-0.1, -0.05) is 51.1 Å². The molecule has 1 heterocycles. The molecule has 0 bridgehead atoms. The number of hydrogen-bond donors (Lipinski definition) is 3. The highest BCUT2D eigenvalue weighted by Crippen LogP contribution is 2.21. The number of aromatic nitrogens is 2. The molecule has 2 rings (SSSR count). The molecule has 2 aromatic rings. The maximum atomic E-state index is 14.4. The predicted molar refractivity (Wildman–Crippen MR) is 118 cm³/mol. The molecule has 0 saturated carbocycles. The van der Waals surface area contributed by atoms with Crippen molar-refractivity contribution >= 4 is 23.3 Å². The third-order valence-corrected chi connectivity index (χ3v) is 4.80. The summed E-state index contributed by atoms with van der Waals surface area (Å²) in [5.41, 5.74) is 5.26. The van der Waals surface area contributed by atoms with E-state index < -0.39 is 47.6 Å². The Hall–Kier alpha value is -3.63. The lowest BCUT2D eigenvalue weighted by Gasteiger charge is -2.25. The fourth-order valence-electron chi connectivity index (χ4n) is 3.03. The van der Waals surface area contributed by atoms with Crippen LogP contribution in [0.1, 0.15) is 27.2 Å². The van der Waals surface area contributed by atoms with Crippen LogP contribution < -0.4 is 21.9 Å². The Bertz CT molecular complexity index is 1070. The fraction of sp³-hybridized carbons (Fsp3) is 0.409. The average molecular weight is 463 g/mol. The number of halogens is 2. The van der Waals surface area contributed by atoms with Gasteiger partial charge in [-0.2, -0.15) is 8.78 Å². The Labute approximate surface area is 189 Å². The highest BCUT2D eigenvalue weighted by atomic mass is 19.3. The summed E-state index contributed by atoms with van der Waals surface area (Å²) >= 11 is 0. The zero-order valence-corrected chi connectivity index (χ0v) is 18.6. The van der Waals surface area contributed by atoms with Crippen molar-refractivity contribution in [2.75, 3.05) is 12.3 Å². The monoisotopic (exact) mass is 463 g/mol. The largest absolute Gasteiger partial charge is 0.393 e. The van der Waals surface area contributed by atoms with Crippen molar-refractivity contribution in [3.05, 3.63) is 46.9 Å². The van der Waals surface area contributed by atoms with Gasteiger partial charge < -0.3 is 16.4 Å². The third-order valence-electron chi connectivity index (χ3n) is 4.80. The number of nitrogens with two attached hydrogens (primary N) is 1. The second kappa shape index (κ2) is 10.8. The number of amides is 2. The molecule has 4 N–H and O–H groups in total. The van der Waals surface area contributed by atoms with Crippen LogP contribution in [0.2, 0.25) is 0 Å². The molecule has 0 aliphatic carbocycles. The Morgan fingerprint density at radius 3 is 2.39 bits per heavy atom. The molecule has 2 amide bonds. The normalized spacial score (nSPS) is 12.3. The van der Waals surface area contributed by atoms with Crippen molar-refractivity contribution in [3.8, 4) is 11.4 Å². The van der Waals surface area contributed by atoms with Crippen molar-refractivity contribution in [2.24, 2.45) is 5.92 Å². The van der Waals surface area contributed by atoms with Crippen molar-refractivity contribution in [3.63, 3.8) is 0 Å². The quantitative estimate of drug-likeness (QED) is 0.455. The second-order valence-corrected chi connectivity index (χ2v) is 7.78. The van der Waals surface area contributed by atoms with Crippen LogP contribution in [0.4, 0.5) is 14.5 Å². The van der Waals surface area contributed by atoms with Crippen LogP contribution in [0.25, 0.3) is 11.4 Å². The van der Waals surface area contributed by atoms with Gasteiger partial charge in [-0.15, -0.1) is 0 Å². The molecular formula is C22H27F2N5O4. The standard InChI is InChI=1S/C22H27F2N5O4/c1-4-10-26-21(33)22(23,24)18(31)17(13(2)3)28-16(30)12-29-19(14-8-6-5-7-9-14)27-11-15(25)20(29)32/h5-9,11,13,17H,4,10,12,25H2,1-3H3,(H,26,33)(H,28,30). The van der Waals surface area contributed by atoms with E-state index >= 15 is 0 Å². The predicted octanol–water partition coefficient (Wildman–Crippen LogP) is 1.36. The number of carbonyl (C=O) groups is 3. The SMILES string of the molecule is CCCNC(=O)C(F)(F)C(=O)C(NC(=O)Cn1c(-c2ccccc2)ncc(N)c1=O)C(C)C. The number of nitrogen functional groups attached to an aromatic ring is 1. The number of nitrogens with zero attached hydrogens (tertiary/aromatic N) is 2. The molecule has 1 aromatic heterocycles. The first-order valence-electron chi connectivity index (χ1n) is 10.4. The molecular weight excluding hydrogens is 436 g/mol. The van der Waals surface area contributed by atoms with Gasteiger partial charge >= 0.3 is 5.92 Å². The number of hydrogen-bond acceptors (Lipinski definition) is 6. The number of alkyl halides is 2. The molecule has 11 heteroatoms. The van der Waals surface area contributed by atoms with E-state index in [9.17, 15) is 28.0 Å². The lowest BCUT2D eigenvalue weighted by atomic mass is 9.95. The molecule has 33 heavy (non-hydrogen) atoms. The first kappa shape index (κ1) is 25.6. The number of benzene rings is 1. The van der Waals surface area contributed by atoms with Gasteiger partial charge in [0.15, 0.2) is 0 Å². The van der Waals surface area contributed by atoms with E-state index in [1.54, 1.807) is 37.3 Å². The van der Waals surface area contributed by atoms with Crippen LogP contribution in [-0.2, 0) is 20.9 Å². The molecule has 1 atom stereocenters. The number of ketones is 1. The second-order valence-electron chi connectivity index (χ2n) is 7.78. The molecule has 0 aliphatic rings. The van der Waals surface area contributed by atoms with E-state index in [1.165, 1.54) is 13.8 Å². The summed E-state index contributed by atoms with van der Waals surface area (Å²) < 4.78 is 29.9. The number of rotatable bonds is 10. The number of nitrogens with one attached hydrogen (secondary N) is 2. The molecule has 0 radical (unpaired) electrons. The first-order chi connectivity index (χ1) is 15.5. The summed E-state index contributed by atoms with van der Waals surface area (Å²) in [6, 6.07) is 6.85. The minimum absolute atomic E-state index is 0.0198. The zero-order chi connectivity index (χ0) is 24.8. The topological polar surface area (TPSA) is 136 Å². The molecule has 178 valence electrons. The highest BCUT2D eigenvalue weighted by Gasteiger charge is 2.50. The number of carbonyl (C=O) groups excluding carboxylic acids is 3. The Morgan fingerprint density at radius 1 is 1.18 bits per heavy atom. The average Bonchev–Trinajstić information content (AvgIpc) is 2.78. The van der Waals surface area contributed by atoms with Gasteiger partial charge in [-0.25, -0.2) is 4.98 Å². The lowest BCUT2D eigenvalue weighted by molar-refractivity contribution is -0.161. The van der Waals surface area contributed by atoms with E-state index in [1.807, 2.05) is 5.32 Å². The van der Waals surface area contributed by atoms with Gasteiger partial charge in [0, 0.05) is 12.1 Å². The van der Waals surface area contributed by atoms with Gasteiger partial charge in [0.1, 0.15) is 18.1 Å². The lowest BCUT2D eigenvalue weighted by Crippen LogP contribution is -2.57. The number of anilines is 1. The van der Waals surface area contributed by atoms with Crippen LogP contribution in [0, 0.1) is 5.92 Å². The Balaban J connectivity index is 2.30. The maximum Gasteiger partial charge on any atom is 0.383 e. The van der Waals surface area contributed by atoms with Crippen molar-refractivity contribution in [1.82, 2.24) is 20.2 Å². The van der Waals surface area contributed by atoms with E-state index in [0.29, 0.717) is 12.0 Å². The summed E-state index contributed by atoms with van der Waals surface area (Å²) in [6.45, 7) is 3.94. The van der Waals surface area contributed by atoms with Crippen molar-refractivity contribution in [1.29, 1.82) is 0 Å². The van der Waals surface area contributed by atoms with Crippen LogP contribution >= 0.6 is 0 Å². The number of Topliss-reactive ketones (excluding diaryl/α,β-unsaturated/α-hetero) is 1. The van der Waals surface area contributed by atoms with Crippen LogP contribution in [0.5, 0.6) is 0 Å². The van der Waals surface area contributed by atoms with Gasteiger partial charge in [-0.3, -0.25) is 23.7 Å². The molecule has 0 fully saturated rings. The van der Waals surface area contributed by atoms with Crippen LogP contribution in [0.3, 0.4) is 0 Å². The Kier molecular flexibility index (Phi) is 8.38. The minimum atomic E-state index is -4.33. The minimum Gasteiger partial charge on any atom is -0.393 e. The molecule has 0 spiro atoms. The summed E-state index contributed by atoms with van der Waals surface area (Å²) in [4.78, 5) is 53.7. The van der Waals surface area contributed by atoms with Crippen molar-refractivity contribution in [2.45, 2.75) is 45.7 Å². The van der Waals surface area contributed by atoms with Gasteiger partial charge in [-0.05, 0) is 12.3 Å². The third kappa shape index (κ3) is 5.99. The van der Waals surface area contributed by atoms with E-state index in [2.05, 4.69) is 10.3 Å². The molecule has 0 saturated heterocycles. The van der Waals surface area contributed by atoms with E-state index in [-0.39, 0.29) is 18.1 Å². The summed E-state index contributed by atoms with van der Waals surface area (Å²) in [5, 5.41) is 4.22. The van der Waals surface area contributed by atoms with Gasteiger partial charge in [0.25, 0.3) is 11.5 Å².